The lowest BCUT2D eigenvalue weighted by atomic mass is 9.42. The van der Waals surface area contributed by atoms with Crippen LogP contribution in [0.25, 0.3) is 0 Å². The van der Waals surface area contributed by atoms with E-state index in [1.54, 1.807) is 0 Å². The van der Waals surface area contributed by atoms with Gasteiger partial charge in [-0.25, -0.2) is 0 Å². The van der Waals surface area contributed by atoms with Crippen molar-refractivity contribution in [3.8, 4) is 0 Å². The van der Waals surface area contributed by atoms with Crippen molar-refractivity contribution in [2.75, 3.05) is 0 Å². The number of hydrogen-bond acceptors (Lipinski definition) is 0. The van der Waals surface area contributed by atoms with Crippen LogP contribution in [0.3, 0.4) is 0 Å². The van der Waals surface area contributed by atoms with Crippen LogP contribution in [0.15, 0.2) is 12.4 Å². The highest BCUT2D eigenvalue weighted by Gasteiger charge is 2.13. The Kier molecular flexibility index (Phi) is 8.72. The Hall–Kier alpha value is -0.725. The van der Waals surface area contributed by atoms with Gasteiger partial charge in [-0.3, -0.25) is 9.13 Å². The number of aromatic nitrogens is 2. The Morgan fingerprint density at radius 1 is 0.950 bits per heavy atom. The summed E-state index contributed by atoms with van der Waals surface area (Å²) in [6, 6.07) is 0. The van der Waals surface area contributed by atoms with E-state index < -0.39 is 0 Å². The summed E-state index contributed by atoms with van der Waals surface area (Å²) in [5.74, 6) is 0. The van der Waals surface area contributed by atoms with Crippen LogP contribution in [-0.4, -0.2) is 11.3 Å². The van der Waals surface area contributed by atoms with Gasteiger partial charge < -0.3 is 0 Å². The van der Waals surface area contributed by atoms with Gasteiger partial charge in [-0.05, 0) is 0 Å². The summed E-state index contributed by atoms with van der Waals surface area (Å²) >= 11 is 0. The third-order valence-electron chi connectivity index (χ3n) is 4.41. The Bertz CT molecular complexity index is 328. The molecule has 3 heteroatoms. The lowest BCUT2D eigenvalue weighted by Crippen LogP contribution is -2.55. The summed E-state index contributed by atoms with van der Waals surface area (Å²) < 4.78 is 4.65. The molecule has 0 bridgehead atoms. The minimum atomic E-state index is 0.744. The van der Waals surface area contributed by atoms with Gasteiger partial charge in [0.05, 0.1) is 14.1 Å². The van der Waals surface area contributed by atoms with E-state index in [0.29, 0.717) is 0 Å². The smallest absolute Gasteiger partial charge is 0.126 e. The molecular formula is C17H34BN2. The van der Waals surface area contributed by atoms with Crippen LogP contribution in [0.5, 0.6) is 0 Å². The molecule has 0 aliphatic rings. The molecule has 20 heavy (non-hydrogen) atoms. The molecule has 1 radical (unpaired) electrons. The fourth-order valence-electron chi connectivity index (χ4n) is 3.22. The maximum absolute atomic E-state index is 2.32. The summed E-state index contributed by atoms with van der Waals surface area (Å²) in [5.41, 5.74) is 1.51. The lowest BCUT2D eigenvalue weighted by molar-refractivity contribution is -0.653. The quantitative estimate of drug-likeness (QED) is 0.331. The summed E-state index contributed by atoms with van der Waals surface area (Å²) in [4.78, 5) is 0. The first kappa shape index (κ1) is 17.3. The van der Waals surface area contributed by atoms with Crippen LogP contribution in [0, 0.1) is 0 Å². The molecule has 0 amide bonds. The molecule has 0 atom stereocenters. The molecule has 115 valence electrons. The largest absolute Gasteiger partial charge is 0.277 e. The zero-order valence-corrected chi connectivity index (χ0v) is 14.2. The Labute approximate surface area is 126 Å². The fraction of sp³-hybridized carbons (Fsp3) is 0.824. The molecule has 0 fully saturated rings. The molecule has 0 unspecified atom stereocenters. The average Bonchev–Trinajstić information content (AvgIpc) is 2.77. The number of unbranched alkanes of at least 4 members (excludes halogenated alkanes) is 6. The van der Waals surface area contributed by atoms with E-state index >= 15 is 0 Å². The minimum Gasteiger partial charge on any atom is -0.277 e. The Morgan fingerprint density at radius 2 is 1.50 bits per heavy atom. The second-order valence-electron chi connectivity index (χ2n) is 6.27. The number of hydrogen-bond donors (Lipinski definition) is 0. The van der Waals surface area contributed by atoms with E-state index in [1.807, 2.05) is 0 Å². The number of imidazole rings is 1. The van der Waals surface area contributed by atoms with E-state index in [0.717, 1.165) is 6.71 Å². The topological polar surface area (TPSA) is 8.81 Å². The molecule has 0 saturated carbocycles. The van der Waals surface area contributed by atoms with E-state index in [-0.39, 0.29) is 0 Å². The SMILES string of the molecule is CCCCCC[B-](CCCCCC)c1n(C)cc[n+]1C. The van der Waals surface area contributed by atoms with Crippen molar-refractivity contribution >= 4 is 12.4 Å². The highest BCUT2D eigenvalue weighted by atomic mass is 15.1. The van der Waals surface area contributed by atoms with E-state index in [2.05, 4.69) is 49.5 Å². The third kappa shape index (κ3) is 5.72. The first-order valence-electron chi connectivity index (χ1n) is 8.71. The summed E-state index contributed by atoms with van der Waals surface area (Å²) in [7, 11) is 4.39. The van der Waals surface area contributed by atoms with Crippen LogP contribution in [0.2, 0.25) is 12.6 Å². The second-order valence-corrected chi connectivity index (χ2v) is 6.27. The molecule has 0 spiro atoms. The zero-order valence-electron chi connectivity index (χ0n) is 14.2. The predicted molar refractivity (Wildman–Crippen MR) is 89.9 cm³/mol. The van der Waals surface area contributed by atoms with Gasteiger partial charge in [0, 0.05) is 12.4 Å². The molecule has 1 aromatic rings. The Morgan fingerprint density at radius 3 is 1.90 bits per heavy atom. The number of rotatable bonds is 11. The average molecular weight is 277 g/mol. The van der Waals surface area contributed by atoms with Gasteiger partial charge in [0.1, 0.15) is 12.4 Å². The molecular weight excluding hydrogens is 243 g/mol. The van der Waals surface area contributed by atoms with Crippen LogP contribution in [0.4, 0.5) is 0 Å². The summed E-state index contributed by atoms with van der Waals surface area (Å²) in [5, 5.41) is 0. The van der Waals surface area contributed by atoms with E-state index in [1.165, 1.54) is 69.7 Å². The molecule has 1 aromatic heterocycles. The van der Waals surface area contributed by atoms with Gasteiger partial charge >= 0.3 is 0 Å². The lowest BCUT2D eigenvalue weighted by Gasteiger charge is -2.24. The Balaban J connectivity index is 2.54. The standard InChI is InChI=1S/C17H34BN2/c1-5-7-9-11-13-18(14-12-10-8-6-2)17-19(3)15-16-20(17)4/h15-16H,5-14H2,1-4H3. The maximum Gasteiger partial charge on any atom is 0.126 e. The van der Waals surface area contributed by atoms with Crippen molar-refractivity contribution in [2.45, 2.75) is 77.9 Å². The van der Waals surface area contributed by atoms with Gasteiger partial charge in [-0.1, -0.05) is 65.2 Å². The normalized spacial score (nSPS) is 11.4. The van der Waals surface area contributed by atoms with Gasteiger partial charge in [-0.15, -0.1) is 0 Å². The van der Waals surface area contributed by atoms with E-state index in [4.69, 9.17) is 0 Å². The maximum atomic E-state index is 2.32. The van der Waals surface area contributed by atoms with Crippen molar-refractivity contribution in [1.29, 1.82) is 0 Å². The first-order chi connectivity index (χ1) is 9.70. The van der Waals surface area contributed by atoms with Gasteiger partial charge in [0.25, 0.3) is 0 Å². The molecule has 0 saturated heterocycles. The highest BCUT2D eigenvalue weighted by Crippen LogP contribution is 2.13. The third-order valence-corrected chi connectivity index (χ3v) is 4.41. The molecule has 0 aliphatic heterocycles. The van der Waals surface area contributed by atoms with Crippen LogP contribution < -0.4 is 10.3 Å². The van der Waals surface area contributed by atoms with Crippen molar-refractivity contribution in [2.24, 2.45) is 14.1 Å². The van der Waals surface area contributed by atoms with Crippen LogP contribution >= 0.6 is 0 Å². The second kappa shape index (κ2) is 10.1. The number of nitrogens with zero attached hydrogens (tertiary/aromatic N) is 2. The van der Waals surface area contributed by atoms with Crippen LogP contribution in [0.1, 0.15) is 65.2 Å². The van der Waals surface area contributed by atoms with Crippen LogP contribution in [-0.2, 0) is 14.1 Å². The summed E-state index contributed by atoms with van der Waals surface area (Å²) in [6.07, 6.45) is 18.1. The van der Waals surface area contributed by atoms with Crippen molar-refractivity contribution < 1.29 is 4.57 Å². The molecule has 0 aromatic carbocycles. The molecule has 1 rings (SSSR count). The van der Waals surface area contributed by atoms with Gasteiger partial charge in [0.15, 0.2) is 0 Å². The van der Waals surface area contributed by atoms with Gasteiger partial charge in [0.2, 0.25) is 0 Å². The van der Waals surface area contributed by atoms with Crippen molar-refractivity contribution in [3.63, 3.8) is 0 Å². The monoisotopic (exact) mass is 277 g/mol. The molecule has 0 N–H and O–H groups in total. The predicted octanol–water partition coefficient (Wildman–Crippen LogP) is 3.71. The van der Waals surface area contributed by atoms with E-state index in [9.17, 15) is 0 Å². The van der Waals surface area contributed by atoms with Crippen molar-refractivity contribution in [1.82, 2.24) is 4.57 Å². The molecule has 0 aliphatic carbocycles. The zero-order chi connectivity index (χ0) is 14.8. The fourth-order valence-corrected chi connectivity index (χ4v) is 3.22. The van der Waals surface area contributed by atoms with Gasteiger partial charge in [-0.2, -0.15) is 12.6 Å². The first-order valence-corrected chi connectivity index (χ1v) is 8.71. The minimum absolute atomic E-state index is 0.744. The summed E-state index contributed by atoms with van der Waals surface area (Å²) in [6.45, 7) is 5.33. The number of aryl methyl sites for hydroxylation is 2. The molecule has 1 heterocycles. The molecule has 2 nitrogen and oxygen atoms in total. The highest BCUT2D eigenvalue weighted by molar-refractivity contribution is 6.71. The van der Waals surface area contributed by atoms with Crippen molar-refractivity contribution in [3.05, 3.63) is 12.4 Å².